The zero-order chi connectivity index (χ0) is 10.5. The van der Waals surface area contributed by atoms with E-state index in [-0.39, 0.29) is 0 Å². The standard InChI is InChI=1S/C12H16N2O/c15-14-12(10-6-2-1-3-7-10)11-8-4-5-9-13-11/h4-5,8-10,15H,1-3,6-7H2/b14-12+. The molecule has 0 bridgehead atoms. The van der Waals surface area contributed by atoms with Crippen molar-refractivity contribution in [3.05, 3.63) is 30.1 Å². The highest BCUT2D eigenvalue weighted by Gasteiger charge is 2.21. The van der Waals surface area contributed by atoms with Crippen molar-refractivity contribution < 1.29 is 5.21 Å². The molecule has 0 amide bonds. The lowest BCUT2D eigenvalue weighted by Gasteiger charge is -2.21. The summed E-state index contributed by atoms with van der Waals surface area (Å²) >= 11 is 0. The van der Waals surface area contributed by atoms with Gasteiger partial charge in [0.15, 0.2) is 0 Å². The van der Waals surface area contributed by atoms with Crippen molar-refractivity contribution in [2.24, 2.45) is 11.1 Å². The number of rotatable bonds is 2. The molecule has 3 heteroatoms. The molecular formula is C12H16N2O. The number of hydrogen-bond donors (Lipinski definition) is 1. The first-order valence-electron chi connectivity index (χ1n) is 5.55. The molecule has 1 fully saturated rings. The molecule has 0 atom stereocenters. The van der Waals surface area contributed by atoms with Crippen molar-refractivity contribution in [2.45, 2.75) is 32.1 Å². The van der Waals surface area contributed by atoms with Crippen LogP contribution in [0.1, 0.15) is 37.8 Å². The topological polar surface area (TPSA) is 45.5 Å². The highest BCUT2D eigenvalue weighted by atomic mass is 16.4. The highest BCUT2D eigenvalue weighted by molar-refractivity contribution is 6.00. The molecule has 3 nitrogen and oxygen atoms in total. The number of oxime groups is 1. The lowest BCUT2D eigenvalue weighted by atomic mass is 9.84. The van der Waals surface area contributed by atoms with Crippen LogP contribution in [0.5, 0.6) is 0 Å². The summed E-state index contributed by atoms with van der Waals surface area (Å²) in [6.45, 7) is 0. The fraction of sp³-hybridized carbons (Fsp3) is 0.500. The lowest BCUT2D eigenvalue weighted by molar-refractivity contribution is 0.310. The van der Waals surface area contributed by atoms with E-state index in [0.29, 0.717) is 5.92 Å². The summed E-state index contributed by atoms with van der Waals surface area (Å²) in [7, 11) is 0. The summed E-state index contributed by atoms with van der Waals surface area (Å²) in [6.07, 6.45) is 7.75. The molecular weight excluding hydrogens is 188 g/mol. The predicted molar refractivity (Wildman–Crippen MR) is 59.1 cm³/mol. The Morgan fingerprint density at radius 1 is 1.27 bits per heavy atom. The van der Waals surface area contributed by atoms with E-state index < -0.39 is 0 Å². The Labute approximate surface area is 89.8 Å². The molecule has 1 saturated carbocycles. The van der Waals surface area contributed by atoms with E-state index in [0.717, 1.165) is 24.2 Å². The van der Waals surface area contributed by atoms with Crippen LogP contribution in [0.25, 0.3) is 0 Å². The van der Waals surface area contributed by atoms with E-state index in [4.69, 9.17) is 5.21 Å². The molecule has 0 spiro atoms. The molecule has 2 rings (SSSR count). The molecule has 0 saturated heterocycles. The molecule has 0 aromatic carbocycles. The Kier molecular flexibility index (Phi) is 3.33. The van der Waals surface area contributed by atoms with Gasteiger partial charge in [-0.05, 0) is 25.0 Å². The van der Waals surface area contributed by atoms with Gasteiger partial charge in [0.05, 0.1) is 5.69 Å². The predicted octanol–water partition coefficient (Wildman–Crippen LogP) is 2.84. The molecule has 0 radical (unpaired) electrons. The summed E-state index contributed by atoms with van der Waals surface area (Å²) in [6, 6.07) is 5.71. The van der Waals surface area contributed by atoms with Gasteiger partial charge in [0, 0.05) is 12.1 Å². The van der Waals surface area contributed by atoms with Gasteiger partial charge < -0.3 is 5.21 Å². The third-order valence-corrected chi connectivity index (χ3v) is 3.03. The van der Waals surface area contributed by atoms with Gasteiger partial charge >= 0.3 is 0 Å². The minimum atomic E-state index is 0.388. The average molecular weight is 204 g/mol. The van der Waals surface area contributed by atoms with Crippen LogP contribution in [-0.2, 0) is 0 Å². The van der Waals surface area contributed by atoms with Gasteiger partial charge in [-0.2, -0.15) is 0 Å². The van der Waals surface area contributed by atoms with Crippen LogP contribution in [0.4, 0.5) is 0 Å². The van der Waals surface area contributed by atoms with E-state index in [1.165, 1.54) is 19.3 Å². The van der Waals surface area contributed by atoms with E-state index >= 15 is 0 Å². The molecule has 1 N–H and O–H groups in total. The minimum absolute atomic E-state index is 0.388. The maximum atomic E-state index is 9.08. The monoisotopic (exact) mass is 204 g/mol. The summed E-state index contributed by atoms with van der Waals surface area (Å²) in [5, 5.41) is 12.5. The quantitative estimate of drug-likeness (QED) is 0.457. The first-order chi connectivity index (χ1) is 7.42. The second kappa shape index (κ2) is 4.91. The molecule has 1 aromatic rings. The molecule has 1 aliphatic rings. The van der Waals surface area contributed by atoms with Gasteiger partial charge in [-0.15, -0.1) is 0 Å². The number of hydrogen-bond acceptors (Lipinski definition) is 3. The largest absolute Gasteiger partial charge is 0.411 e. The van der Waals surface area contributed by atoms with E-state index in [1.54, 1.807) is 6.20 Å². The highest BCUT2D eigenvalue weighted by Crippen LogP contribution is 2.26. The number of nitrogens with zero attached hydrogens (tertiary/aromatic N) is 2. The van der Waals surface area contributed by atoms with Gasteiger partial charge in [-0.1, -0.05) is 30.5 Å². The summed E-state index contributed by atoms with van der Waals surface area (Å²) in [5.74, 6) is 0.388. The van der Waals surface area contributed by atoms with Crippen molar-refractivity contribution in [3.63, 3.8) is 0 Å². The Morgan fingerprint density at radius 3 is 2.67 bits per heavy atom. The molecule has 1 heterocycles. The molecule has 15 heavy (non-hydrogen) atoms. The van der Waals surface area contributed by atoms with Gasteiger partial charge in [-0.25, -0.2) is 0 Å². The maximum Gasteiger partial charge on any atom is 0.108 e. The van der Waals surface area contributed by atoms with Crippen LogP contribution in [-0.4, -0.2) is 15.9 Å². The molecule has 80 valence electrons. The van der Waals surface area contributed by atoms with Crippen LogP contribution in [0.3, 0.4) is 0 Å². The number of aromatic nitrogens is 1. The first kappa shape index (κ1) is 10.1. The van der Waals surface area contributed by atoms with E-state index in [9.17, 15) is 0 Å². The van der Waals surface area contributed by atoms with Crippen LogP contribution < -0.4 is 0 Å². The normalized spacial score (nSPS) is 19.1. The SMILES string of the molecule is O/N=C(/c1ccccn1)C1CCCCC1. The minimum Gasteiger partial charge on any atom is -0.411 e. The zero-order valence-electron chi connectivity index (χ0n) is 8.76. The Morgan fingerprint density at radius 2 is 2.07 bits per heavy atom. The van der Waals surface area contributed by atoms with Crippen LogP contribution in [0, 0.1) is 5.92 Å². The lowest BCUT2D eigenvalue weighted by Crippen LogP contribution is -2.19. The average Bonchev–Trinajstić information content (AvgIpc) is 2.33. The molecule has 0 unspecified atom stereocenters. The van der Waals surface area contributed by atoms with Crippen LogP contribution in [0.2, 0.25) is 0 Å². The molecule has 1 aromatic heterocycles. The van der Waals surface area contributed by atoms with Crippen molar-refractivity contribution in [3.8, 4) is 0 Å². The fourth-order valence-corrected chi connectivity index (χ4v) is 2.23. The van der Waals surface area contributed by atoms with Crippen molar-refractivity contribution in [1.82, 2.24) is 4.98 Å². The Hall–Kier alpha value is -1.38. The fourth-order valence-electron chi connectivity index (χ4n) is 2.23. The number of pyridine rings is 1. The zero-order valence-corrected chi connectivity index (χ0v) is 8.76. The Bertz CT molecular complexity index is 329. The smallest absolute Gasteiger partial charge is 0.108 e. The van der Waals surface area contributed by atoms with Gasteiger partial charge in [0.25, 0.3) is 0 Å². The first-order valence-corrected chi connectivity index (χ1v) is 5.55. The third kappa shape index (κ3) is 2.35. The van der Waals surface area contributed by atoms with Crippen molar-refractivity contribution >= 4 is 5.71 Å². The van der Waals surface area contributed by atoms with E-state index in [1.807, 2.05) is 18.2 Å². The Balaban J connectivity index is 2.17. The molecule has 0 aliphatic heterocycles. The van der Waals surface area contributed by atoms with Crippen LogP contribution in [0.15, 0.2) is 29.6 Å². The third-order valence-electron chi connectivity index (χ3n) is 3.03. The summed E-state index contributed by atoms with van der Waals surface area (Å²) in [5.41, 5.74) is 1.57. The van der Waals surface area contributed by atoms with Crippen molar-refractivity contribution in [1.29, 1.82) is 0 Å². The van der Waals surface area contributed by atoms with Crippen LogP contribution >= 0.6 is 0 Å². The summed E-state index contributed by atoms with van der Waals surface area (Å²) in [4.78, 5) is 4.23. The molecule has 1 aliphatic carbocycles. The second-order valence-electron chi connectivity index (χ2n) is 4.04. The summed E-state index contributed by atoms with van der Waals surface area (Å²) < 4.78 is 0. The van der Waals surface area contributed by atoms with Gasteiger partial charge in [0.1, 0.15) is 5.71 Å². The van der Waals surface area contributed by atoms with Gasteiger partial charge in [0.2, 0.25) is 0 Å². The maximum absolute atomic E-state index is 9.08. The van der Waals surface area contributed by atoms with Crippen molar-refractivity contribution in [2.75, 3.05) is 0 Å². The van der Waals surface area contributed by atoms with Gasteiger partial charge in [-0.3, -0.25) is 4.98 Å². The van der Waals surface area contributed by atoms with E-state index in [2.05, 4.69) is 10.1 Å². The second-order valence-corrected chi connectivity index (χ2v) is 4.04.